The number of nitrogens with zero attached hydrogens (tertiary/aromatic N) is 3. The van der Waals surface area contributed by atoms with Crippen LogP contribution < -0.4 is 0 Å². The Morgan fingerprint density at radius 3 is 2.57 bits per heavy atom. The number of hydrogen-bond acceptors (Lipinski definition) is 6. The van der Waals surface area contributed by atoms with E-state index in [4.69, 9.17) is 9.47 Å². The summed E-state index contributed by atoms with van der Waals surface area (Å²) in [6, 6.07) is 9.44. The molecule has 0 atom stereocenters. The van der Waals surface area contributed by atoms with Crippen molar-refractivity contribution in [2.24, 2.45) is 0 Å². The van der Waals surface area contributed by atoms with Gasteiger partial charge in [-0.1, -0.05) is 0 Å². The number of nitro benzene ring substituents is 1. The third kappa shape index (κ3) is 5.05. The molecule has 2 rings (SSSR count). The van der Waals surface area contributed by atoms with Crippen molar-refractivity contribution in [1.29, 1.82) is 5.26 Å². The molecule has 0 saturated heterocycles. The molecular formula is C20H21N3O5. The summed E-state index contributed by atoms with van der Waals surface area (Å²) in [7, 11) is 1.63. The Bertz CT molecular complexity index is 936. The van der Waals surface area contributed by atoms with E-state index in [0.717, 1.165) is 17.0 Å². The van der Waals surface area contributed by atoms with Crippen molar-refractivity contribution >= 4 is 17.7 Å². The number of nitriles is 1. The fraction of sp³-hybridized carbons (Fsp3) is 0.300. The van der Waals surface area contributed by atoms with E-state index in [2.05, 4.69) is 0 Å². The van der Waals surface area contributed by atoms with Gasteiger partial charge in [-0.2, -0.15) is 5.26 Å². The van der Waals surface area contributed by atoms with E-state index in [0.29, 0.717) is 18.7 Å². The number of nitro groups is 1. The number of benzene rings is 1. The number of aromatic nitrogens is 1. The van der Waals surface area contributed by atoms with Crippen LogP contribution in [0.1, 0.15) is 22.5 Å². The van der Waals surface area contributed by atoms with Gasteiger partial charge >= 0.3 is 5.97 Å². The number of carbonyl (C=O) groups is 1. The van der Waals surface area contributed by atoms with Gasteiger partial charge < -0.3 is 14.0 Å². The molecule has 0 spiro atoms. The fourth-order valence-electron chi connectivity index (χ4n) is 2.73. The Hall–Kier alpha value is -3.44. The molecule has 0 saturated carbocycles. The maximum Gasteiger partial charge on any atom is 0.349 e. The zero-order chi connectivity index (χ0) is 20.7. The van der Waals surface area contributed by atoms with Gasteiger partial charge in [-0.15, -0.1) is 0 Å². The van der Waals surface area contributed by atoms with Crippen LogP contribution in [0.2, 0.25) is 0 Å². The average molecular weight is 383 g/mol. The summed E-state index contributed by atoms with van der Waals surface area (Å²) in [4.78, 5) is 22.4. The first-order chi connectivity index (χ1) is 13.4. The summed E-state index contributed by atoms with van der Waals surface area (Å²) in [6.45, 7) is 5.00. The molecule has 0 aliphatic heterocycles. The highest BCUT2D eigenvalue weighted by atomic mass is 16.6. The zero-order valence-electron chi connectivity index (χ0n) is 16.0. The molecule has 28 heavy (non-hydrogen) atoms. The number of esters is 1. The van der Waals surface area contributed by atoms with Gasteiger partial charge in [0, 0.05) is 37.2 Å². The highest BCUT2D eigenvalue weighted by molar-refractivity contribution is 5.98. The van der Waals surface area contributed by atoms with E-state index in [1.165, 1.54) is 30.3 Å². The molecule has 0 fully saturated rings. The van der Waals surface area contributed by atoms with Crippen LogP contribution in [-0.4, -0.2) is 29.2 Å². The quantitative estimate of drug-likeness (QED) is 0.227. The van der Waals surface area contributed by atoms with E-state index in [9.17, 15) is 20.2 Å². The monoisotopic (exact) mass is 383 g/mol. The molecule has 0 N–H and O–H groups in total. The van der Waals surface area contributed by atoms with Gasteiger partial charge in [0.1, 0.15) is 18.2 Å². The van der Waals surface area contributed by atoms with E-state index in [-0.39, 0.29) is 17.9 Å². The van der Waals surface area contributed by atoms with Crippen molar-refractivity contribution in [1.82, 2.24) is 4.57 Å². The van der Waals surface area contributed by atoms with Crippen LogP contribution >= 0.6 is 0 Å². The Labute approximate surface area is 162 Å². The largest absolute Gasteiger partial charge is 0.457 e. The molecular weight excluding hydrogens is 362 g/mol. The summed E-state index contributed by atoms with van der Waals surface area (Å²) < 4.78 is 12.3. The fourth-order valence-corrected chi connectivity index (χ4v) is 2.73. The second kappa shape index (κ2) is 9.48. The molecule has 0 bridgehead atoms. The molecule has 0 radical (unpaired) electrons. The number of hydrogen-bond donors (Lipinski definition) is 0. The molecule has 0 aliphatic rings. The van der Waals surface area contributed by atoms with Crippen LogP contribution in [0.25, 0.3) is 6.08 Å². The van der Waals surface area contributed by atoms with Gasteiger partial charge in [0.05, 0.1) is 11.5 Å². The second-order valence-electron chi connectivity index (χ2n) is 6.14. The van der Waals surface area contributed by atoms with Crippen molar-refractivity contribution in [3.8, 4) is 6.07 Å². The third-order valence-electron chi connectivity index (χ3n) is 4.29. The van der Waals surface area contributed by atoms with Gasteiger partial charge in [0.25, 0.3) is 5.69 Å². The predicted molar refractivity (Wildman–Crippen MR) is 102 cm³/mol. The van der Waals surface area contributed by atoms with E-state index in [1.54, 1.807) is 7.11 Å². The molecule has 8 heteroatoms. The van der Waals surface area contributed by atoms with E-state index < -0.39 is 10.9 Å². The first-order valence-electron chi connectivity index (χ1n) is 8.55. The molecule has 2 aromatic rings. The number of methoxy groups -OCH3 is 1. The predicted octanol–water partition coefficient (Wildman–Crippen LogP) is 3.31. The first-order valence-corrected chi connectivity index (χ1v) is 8.55. The Kier molecular flexibility index (Phi) is 7.07. The summed E-state index contributed by atoms with van der Waals surface area (Å²) in [5, 5.41) is 20.0. The summed E-state index contributed by atoms with van der Waals surface area (Å²) in [6.07, 6.45) is 1.50. The SMILES string of the molecule is COCCn1c(C)cc(/C=C(\C#N)C(=O)OCc2ccc([N+](=O)[O-])cc2)c1C. The molecule has 1 aromatic heterocycles. The van der Waals surface area contributed by atoms with Gasteiger partial charge in [-0.25, -0.2) is 4.79 Å². The Balaban J connectivity index is 2.11. The van der Waals surface area contributed by atoms with E-state index in [1.807, 2.05) is 30.6 Å². The summed E-state index contributed by atoms with van der Waals surface area (Å²) in [5.41, 5.74) is 3.11. The molecule has 8 nitrogen and oxygen atoms in total. The summed E-state index contributed by atoms with van der Waals surface area (Å²) >= 11 is 0. The minimum Gasteiger partial charge on any atom is -0.457 e. The normalized spacial score (nSPS) is 11.1. The lowest BCUT2D eigenvalue weighted by atomic mass is 10.1. The van der Waals surface area contributed by atoms with Crippen molar-refractivity contribution in [2.45, 2.75) is 27.0 Å². The third-order valence-corrected chi connectivity index (χ3v) is 4.29. The number of ether oxygens (including phenoxy) is 2. The molecule has 146 valence electrons. The maximum absolute atomic E-state index is 12.3. The van der Waals surface area contributed by atoms with Gasteiger partial charge in [0.2, 0.25) is 0 Å². The highest BCUT2D eigenvalue weighted by Crippen LogP contribution is 2.19. The zero-order valence-corrected chi connectivity index (χ0v) is 16.0. The van der Waals surface area contributed by atoms with Gasteiger partial charge in [-0.05, 0) is 49.2 Å². The van der Waals surface area contributed by atoms with Crippen molar-refractivity contribution in [3.63, 3.8) is 0 Å². The molecule has 1 heterocycles. The molecule has 1 aromatic carbocycles. The smallest absolute Gasteiger partial charge is 0.349 e. The van der Waals surface area contributed by atoms with Crippen molar-refractivity contribution in [2.75, 3.05) is 13.7 Å². The van der Waals surface area contributed by atoms with Crippen molar-refractivity contribution in [3.05, 3.63) is 68.5 Å². The Morgan fingerprint density at radius 1 is 1.32 bits per heavy atom. The van der Waals surface area contributed by atoms with Crippen LogP contribution in [0, 0.1) is 35.3 Å². The standard InChI is InChI=1S/C20H21N3O5/c1-14-10-17(15(2)22(14)8-9-27-3)11-18(12-21)20(24)28-13-16-4-6-19(7-5-16)23(25)26/h4-7,10-11H,8-9,13H2,1-3H3/b18-11+. The maximum atomic E-state index is 12.3. The number of non-ortho nitro benzene ring substituents is 1. The Morgan fingerprint density at radius 2 is 2.00 bits per heavy atom. The topological polar surface area (TPSA) is 107 Å². The number of rotatable bonds is 8. The minimum absolute atomic E-state index is 0.0449. The summed E-state index contributed by atoms with van der Waals surface area (Å²) in [5.74, 6) is -0.748. The van der Waals surface area contributed by atoms with Crippen LogP contribution in [0.4, 0.5) is 5.69 Å². The van der Waals surface area contributed by atoms with Crippen LogP contribution in [0.15, 0.2) is 35.9 Å². The van der Waals surface area contributed by atoms with Crippen molar-refractivity contribution < 1.29 is 19.2 Å². The molecule has 0 aliphatic carbocycles. The van der Waals surface area contributed by atoms with Gasteiger partial charge in [-0.3, -0.25) is 10.1 Å². The van der Waals surface area contributed by atoms with Crippen LogP contribution in [-0.2, 0) is 27.4 Å². The van der Waals surface area contributed by atoms with E-state index >= 15 is 0 Å². The molecule has 0 amide bonds. The number of aryl methyl sites for hydroxylation is 1. The lowest BCUT2D eigenvalue weighted by Crippen LogP contribution is -2.08. The minimum atomic E-state index is -0.748. The molecule has 0 unspecified atom stereocenters. The number of carbonyl (C=O) groups excluding carboxylic acids is 1. The lowest BCUT2D eigenvalue weighted by Gasteiger charge is -2.08. The van der Waals surface area contributed by atoms with Crippen LogP contribution in [0.3, 0.4) is 0 Å². The first kappa shape index (κ1) is 20.9. The lowest BCUT2D eigenvalue weighted by molar-refractivity contribution is -0.384. The van der Waals surface area contributed by atoms with Crippen LogP contribution in [0.5, 0.6) is 0 Å². The average Bonchev–Trinajstić information content (AvgIpc) is 2.95. The van der Waals surface area contributed by atoms with Gasteiger partial charge in [0.15, 0.2) is 0 Å². The second-order valence-corrected chi connectivity index (χ2v) is 6.14. The highest BCUT2D eigenvalue weighted by Gasteiger charge is 2.14.